The molecule has 4 heteroatoms. The molecule has 0 atom stereocenters. The van der Waals surface area contributed by atoms with Gasteiger partial charge in [-0.1, -0.05) is 0 Å². The summed E-state index contributed by atoms with van der Waals surface area (Å²) in [6.45, 7) is 0.408. The summed E-state index contributed by atoms with van der Waals surface area (Å²) in [5.74, 6) is 0.608. The van der Waals surface area contributed by atoms with Gasteiger partial charge >= 0.3 is 0 Å². The van der Waals surface area contributed by atoms with Gasteiger partial charge in [-0.15, -0.1) is 0 Å². The standard InChI is InChI=1S/C10H10N2O2/c13-10(9-4-1-5-11-9)12-7-8-3-2-6-14-8/h1-6,11H,7H2,(H,12,13). The van der Waals surface area contributed by atoms with E-state index >= 15 is 0 Å². The van der Waals surface area contributed by atoms with Crippen molar-refractivity contribution < 1.29 is 9.21 Å². The molecule has 0 radical (unpaired) electrons. The van der Waals surface area contributed by atoms with Crippen LogP contribution in [0, 0.1) is 0 Å². The minimum atomic E-state index is -0.133. The van der Waals surface area contributed by atoms with E-state index in [4.69, 9.17) is 4.42 Å². The first-order chi connectivity index (χ1) is 6.86. The summed E-state index contributed by atoms with van der Waals surface area (Å²) in [4.78, 5) is 14.2. The van der Waals surface area contributed by atoms with Crippen LogP contribution in [0.3, 0.4) is 0 Å². The lowest BCUT2D eigenvalue weighted by Gasteiger charge is -2.00. The van der Waals surface area contributed by atoms with Gasteiger partial charge < -0.3 is 14.7 Å². The maximum Gasteiger partial charge on any atom is 0.268 e. The molecule has 0 aliphatic carbocycles. The number of amides is 1. The molecule has 2 aromatic heterocycles. The Morgan fingerprint density at radius 3 is 3.00 bits per heavy atom. The van der Waals surface area contributed by atoms with Gasteiger partial charge in [-0.25, -0.2) is 0 Å². The summed E-state index contributed by atoms with van der Waals surface area (Å²) in [5.41, 5.74) is 0.552. The monoisotopic (exact) mass is 190 g/mol. The normalized spacial score (nSPS) is 10.0. The Morgan fingerprint density at radius 2 is 2.36 bits per heavy atom. The highest BCUT2D eigenvalue weighted by molar-refractivity contribution is 5.92. The molecule has 2 N–H and O–H groups in total. The van der Waals surface area contributed by atoms with Gasteiger partial charge in [0.15, 0.2) is 0 Å². The van der Waals surface area contributed by atoms with Crippen molar-refractivity contribution in [3.8, 4) is 0 Å². The van der Waals surface area contributed by atoms with Crippen LogP contribution in [0.25, 0.3) is 0 Å². The van der Waals surface area contributed by atoms with Gasteiger partial charge in [-0.2, -0.15) is 0 Å². The van der Waals surface area contributed by atoms with Crippen LogP contribution in [-0.4, -0.2) is 10.9 Å². The molecule has 2 aromatic rings. The zero-order valence-electron chi connectivity index (χ0n) is 7.49. The maximum atomic E-state index is 11.4. The molecule has 0 saturated heterocycles. The second-order valence-corrected chi connectivity index (χ2v) is 2.85. The van der Waals surface area contributed by atoms with E-state index in [-0.39, 0.29) is 5.91 Å². The van der Waals surface area contributed by atoms with Gasteiger partial charge in [-0.05, 0) is 24.3 Å². The number of aromatic nitrogens is 1. The van der Waals surface area contributed by atoms with E-state index in [2.05, 4.69) is 10.3 Å². The van der Waals surface area contributed by atoms with E-state index in [1.807, 2.05) is 6.07 Å². The first-order valence-electron chi connectivity index (χ1n) is 4.30. The van der Waals surface area contributed by atoms with Crippen molar-refractivity contribution in [2.24, 2.45) is 0 Å². The van der Waals surface area contributed by atoms with Crippen molar-refractivity contribution in [1.29, 1.82) is 0 Å². The van der Waals surface area contributed by atoms with Gasteiger partial charge in [0.1, 0.15) is 11.5 Å². The number of furan rings is 1. The average molecular weight is 190 g/mol. The summed E-state index contributed by atoms with van der Waals surface area (Å²) >= 11 is 0. The fraction of sp³-hybridized carbons (Fsp3) is 0.100. The van der Waals surface area contributed by atoms with Gasteiger partial charge in [0.25, 0.3) is 5.91 Å². The molecule has 4 nitrogen and oxygen atoms in total. The number of H-pyrrole nitrogens is 1. The number of carbonyl (C=O) groups is 1. The molecular weight excluding hydrogens is 180 g/mol. The number of nitrogens with one attached hydrogen (secondary N) is 2. The van der Waals surface area contributed by atoms with Gasteiger partial charge in [0.2, 0.25) is 0 Å². The van der Waals surface area contributed by atoms with Crippen LogP contribution in [0.2, 0.25) is 0 Å². The van der Waals surface area contributed by atoms with E-state index < -0.39 is 0 Å². The third-order valence-electron chi connectivity index (χ3n) is 1.85. The van der Waals surface area contributed by atoms with Crippen LogP contribution in [-0.2, 0) is 6.54 Å². The fourth-order valence-corrected chi connectivity index (χ4v) is 1.15. The predicted molar refractivity (Wildman–Crippen MR) is 50.7 cm³/mol. The molecule has 1 amide bonds. The highest BCUT2D eigenvalue weighted by Gasteiger charge is 2.05. The van der Waals surface area contributed by atoms with Crippen LogP contribution in [0.1, 0.15) is 16.2 Å². The minimum absolute atomic E-state index is 0.133. The summed E-state index contributed by atoms with van der Waals surface area (Å²) < 4.78 is 5.08. The maximum absolute atomic E-state index is 11.4. The average Bonchev–Trinajstić information content (AvgIpc) is 2.87. The molecule has 0 spiro atoms. The number of rotatable bonds is 3. The molecule has 2 rings (SSSR count). The summed E-state index contributed by atoms with van der Waals surface area (Å²) in [7, 11) is 0. The lowest BCUT2D eigenvalue weighted by Crippen LogP contribution is -2.22. The largest absolute Gasteiger partial charge is 0.467 e. The Hall–Kier alpha value is -1.97. The molecule has 14 heavy (non-hydrogen) atoms. The highest BCUT2D eigenvalue weighted by Crippen LogP contribution is 2.00. The number of hydrogen-bond donors (Lipinski definition) is 2. The Kier molecular flexibility index (Phi) is 2.36. The van der Waals surface area contributed by atoms with E-state index in [0.29, 0.717) is 12.2 Å². The van der Waals surface area contributed by atoms with Gasteiger partial charge in [0, 0.05) is 6.20 Å². The van der Waals surface area contributed by atoms with E-state index in [1.165, 1.54) is 0 Å². The molecule has 0 bridgehead atoms. The third kappa shape index (κ3) is 1.85. The topological polar surface area (TPSA) is 58.0 Å². The summed E-state index contributed by atoms with van der Waals surface area (Å²) in [5, 5.41) is 2.72. The van der Waals surface area contributed by atoms with Crippen molar-refractivity contribution in [2.75, 3.05) is 0 Å². The second-order valence-electron chi connectivity index (χ2n) is 2.85. The number of carbonyl (C=O) groups excluding carboxylic acids is 1. The summed E-state index contributed by atoms with van der Waals surface area (Å²) in [6.07, 6.45) is 3.29. The smallest absolute Gasteiger partial charge is 0.268 e. The molecule has 2 heterocycles. The van der Waals surface area contributed by atoms with E-state index in [1.54, 1.807) is 30.7 Å². The second kappa shape index (κ2) is 3.83. The van der Waals surface area contributed by atoms with Crippen LogP contribution >= 0.6 is 0 Å². The predicted octanol–water partition coefficient (Wildman–Crippen LogP) is 1.54. The molecule has 0 unspecified atom stereocenters. The van der Waals surface area contributed by atoms with Crippen molar-refractivity contribution in [3.63, 3.8) is 0 Å². The number of aromatic amines is 1. The van der Waals surface area contributed by atoms with Crippen molar-refractivity contribution in [3.05, 3.63) is 48.2 Å². The van der Waals surface area contributed by atoms with E-state index in [9.17, 15) is 4.79 Å². The lowest BCUT2D eigenvalue weighted by molar-refractivity contribution is 0.0943. The summed E-state index contributed by atoms with van der Waals surface area (Å²) in [6, 6.07) is 7.10. The molecule has 0 aliphatic rings. The van der Waals surface area contributed by atoms with Gasteiger partial charge in [-0.3, -0.25) is 4.79 Å². The van der Waals surface area contributed by atoms with Gasteiger partial charge in [0.05, 0.1) is 12.8 Å². The molecule has 72 valence electrons. The Morgan fingerprint density at radius 1 is 1.43 bits per heavy atom. The Labute approximate surface area is 80.9 Å². The number of hydrogen-bond acceptors (Lipinski definition) is 2. The Bertz CT molecular complexity index is 390. The van der Waals surface area contributed by atoms with Crippen molar-refractivity contribution in [1.82, 2.24) is 10.3 Å². The van der Waals surface area contributed by atoms with Crippen LogP contribution < -0.4 is 5.32 Å². The zero-order valence-corrected chi connectivity index (χ0v) is 7.49. The fourth-order valence-electron chi connectivity index (χ4n) is 1.15. The first-order valence-corrected chi connectivity index (χ1v) is 4.30. The minimum Gasteiger partial charge on any atom is -0.467 e. The van der Waals surface area contributed by atoms with Crippen molar-refractivity contribution >= 4 is 5.91 Å². The first kappa shape index (κ1) is 8.62. The van der Waals surface area contributed by atoms with Crippen molar-refractivity contribution in [2.45, 2.75) is 6.54 Å². The molecule has 0 aliphatic heterocycles. The highest BCUT2D eigenvalue weighted by atomic mass is 16.3. The quantitative estimate of drug-likeness (QED) is 0.771. The molecular formula is C10H10N2O2. The molecule has 0 aromatic carbocycles. The van der Waals surface area contributed by atoms with Crippen LogP contribution in [0.4, 0.5) is 0 Å². The molecule has 0 saturated carbocycles. The van der Waals surface area contributed by atoms with Crippen LogP contribution in [0.5, 0.6) is 0 Å². The van der Waals surface area contributed by atoms with E-state index in [0.717, 1.165) is 5.76 Å². The zero-order chi connectivity index (χ0) is 9.80. The van der Waals surface area contributed by atoms with Crippen LogP contribution in [0.15, 0.2) is 41.1 Å². The lowest BCUT2D eigenvalue weighted by atomic mass is 10.4. The molecule has 0 fully saturated rings. The Balaban J connectivity index is 1.90. The third-order valence-corrected chi connectivity index (χ3v) is 1.85. The SMILES string of the molecule is O=C(NCc1ccco1)c1ccc[nH]1.